The van der Waals surface area contributed by atoms with Crippen LogP contribution in [0.25, 0.3) is 32.9 Å². The molecule has 0 unspecified atom stereocenters. The largest absolute Gasteiger partial charge is 0.371 e. The Labute approximate surface area is 185 Å². The molecular weight excluding hydrogens is 378 g/mol. The Bertz CT molecular complexity index is 1190. The van der Waals surface area contributed by atoms with Crippen molar-refractivity contribution in [2.75, 3.05) is 31.1 Å². The molecule has 1 aliphatic rings. The molecule has 0 spiro atoms. The molecule has 1 fully saturated rings. The first-order valence-corrected chi connectivity index (χ1v) is 11.6. The van der Waals surface area contributed by atoms with Gasteiger partial charge in [-0.2, -0.15) is 0 Å². The molecular formula is C28H31N3. The molecule has 0 amide bonds. The zero-order valence-electron chi connectivity index (χ0n) is 18.6. The molecule has 31 heavy (non-hydrogen) atoms. The van der Waals surface area contributed by atoms with Crippen molar-refractivity contribution in [3.63, 3.8) is 0 Å². The Balaban J connectivity index is 1.52. The maximum Gasteiger partial charge on any atom is 0.0730 e. The van der Waals surface area contributed by atoms with Crippen molar-refractivity contribution in [1.82, 2.24) is 9.88 Å². The van der Waals surface area contributed by atoms with Gasteiger partial charge >= 0.3 is 0 Å². The number of hydrogen-bond donors (Lipinski definition) is 0. The van der Waals surface area contributed by atoms with Gasteiger partial charge in [0.2, 0.25) is 0 Å². The fourth-order valence-electron chi connectivity index (χ4n) is 5.13. The molecule has 3 aromatic carbocycles. The SMILES string of the molecule is CCN(CC)C1CCN(c2cc(-c3ccc4ccccc4c3)nc3ccccc23)CC1. The van der Waals surface area contributed by atoms with Crippen LogP contribution in [0.15, 0.2) is 72.8 Å². The monoisotopic (exact) mass is 409 g/mol. The van der Waals surface area contributed by atoms with Crippen LogP contribution < -0.4 is 4.90 Å². The summed E-state index contributed by atoms with van der Waals surface area (Å²) in [7, 11) is 0. The first-order valence-electron chi connectivity index (χ1n) is 11.6. The molecule has 4 aromatic rings. The molecule has 5 rings (SSSR count). The lowest BCUT2D eigenvalue weighted by atomic mass is 10.00. The van der Waals surface area contributed by atoms with E-state index in [0.717, 1.165) is 37.4 Å². The summed E-state index contributed by atoms with van der Waals surface area (Å²) in [4.78, 5) is 10.2. The lowest BCUT2D eigenvalue weighted by Gasteiger charge is -2.39. The van der Waals surface area contributed by atoms with Crippen molar-refractivity contribution < 1.29 is 0 Å². The van der Waals surface area contributed by atoms with E-state index in [1.54, 1.807) is 0 Å². The lowest BCUT2D eigenvalue weighted by molar-refractivity contribution is 0.186. The second-order valence-corrected chi connectivity index (χ2v) is 8.55. The van der Waals surface area contributed by atoms with Crippen molar-refractivity contribution in [2.24, 2.45) is 0 Å². The number of benzene rings is 3. The topological polar surface area (TPSA) is 19.4 Å². The number of pyridine rings is 1. The summed E-state index contributed by atoms with van der Waals surface area (Å²) in [5, 5.41) is 3.79. The Morgan fingerprint density at radius 3 is 2.32 bits per heavy atom. The van der Waals surface area contributed by atoms with Gasteiger partial charge in [0.05, 0.1) is 11.2 Å². The summed E-state index contributed by atoms with van der Waals surface area (Å²) in [6.45, 7) is 9.06. The van der Waals surface area contributed by atoms with E-state index in [0.29, 0.717) is 6.04 Å². The van der Waals surface area contributed by atoms with E-state index in [-0.39, 0.29) is 0 Å². The zero-order valence-corrected chi connectivity index (χ0v) is 18.6. The highest BCUT2D eigenvalue weighted by atomic mass is 15.2. The Morgan fingerprint density at radius 2 is 1.55 bits per heavy atom. The molecule has 158 valence electrons. The number of fused-ring (bicyclic) bond motifs is 2. The van der Waals surface area contributed by atoms with Gasteiger partial charge in [0.15, 0.2) is 0 Å². The van der Waals surface area contributed by atoms with Crippen LogP contribution in [0, 0.1) is 0 Å². The van der Waals surface area contributed by atoms with Crippen LogP contribution in [0.3, 0.4) is 0 Å². The van der Waals surface area contributed by atoms with Gasteiger partial charge in [-0.05, 0) is 54.9 Å². The minimum Gasteiger partial charge on any atom is -0.371 e. The van der Waals surface area contributed by atoms with Gasteiger partial charge in [-0.25, -0.2) is 4.98 Å². The van der Waals surface area contributed by atoms with Gasteiger partial charge in [-0.1, -0.05) is 68.4 Å². The molecule has 1 saturated heterocycles. The predicted molar refractivity (Wildman–Crippen MR) is 133 cm³/mol. The zero-order chi connectivity index (χ0) is 21.2. The average molecular weight is 410 g/mol. The molecule has 0 N–H and O–H groups in total. The molecule has 3 nitrogen and oxygen atoms in total. The molecule has 0 radical (unpaired) electrons. The predicted octanol–water partition coefficient (Wildman–Crippen LogP) is 6.37. The van der Waals surface area contributed by atoms with E-state index in [9.17, 15) is 0 Å². The lowest BCUT2D eigenvalue weighted by Crippen LogP contribution is -2.44. The van der Waals surface area contributed by atoms with Crippen LogP contribution >= 0.6 is 0 Å². The molecule has 0 aliphatic carbocycles. The van der Waals surface area contributed by atoms with E-state index >= 15 is 0 Å². The third kappa shape index (κ3) is 3.90. The standard InChI is InChI=1S/C28H31N3/c1-3-30(4-2)24-15-17-31(18-16-24)28-20-27(29-26-12-8-7-11-25(26)28)23-14-13-21-9-5-6-10-22(21)19-23/h5-14,19-20,24H,3-4,15-18H2,1-2H3. The molecule has 0 bridgehead atoms. The number of piperidine rings is 1. The van der Waals surface area contributed by atoms with Gasteiger partial charge in [0.1, 0.15) is 0 Å². The Hall–Kier alpha value is -2.91. The van der Waals surface area contributed by atoms with Gasteiger partial charge < -0.3 is 9.80 Å². The summed E-state index contributed by atoms with van der Waals surface area (Å²) in [5.74, 6) is 0. The van der Waals surface area contributed by atoms with Crippen molar-refractivity contribution in [3.8, 4) is 11.3 Å². The highest BCUT2D eigenvalue weighted by Crippen LogP contribution is 2.34. The summed E-state index contributed by atoms with van der Waals surface area (Å²) in [6, 6.07) is 26.8. The maximum atomic E-state index is 5.04. The molecule has 0 atom stereocenters. The van der Waals surface area contributed by atoms with Gasteiger partial charge in [-0.15, -0.1) is 0 Å². The summed E-state index contributed by atoms with van der Waals surface area (Å²) < 4.78 is 0. The quantitative estimate of drug-likeness (QED) is 0.382. The van der Waals surface area contributed by atoms with Crippen LogP contribution in [-0.2, 0) is 0 Å². The van der Waals surface area contributed by atoms with Gasteiger partial charge in [0.25, 0.3) is 0 Å². The molecule has 1 aromatic heterocycles. The number of hydrogen-bond acceptors (Lipinski definition) is 3. The number of rotatable bonds is 5. The Morgan fingerprint density at radius 1 is 0.839 bits per heavy atom. The van der Waals surface area contributed by atoms with Crippen molar-refractivity contribution in [2.45, 2.75) is 32.7 Å². The molecule has 1 aliphatic heterocycles. The van der Waals surface area contributed by atoms with E-state index in [4.69, 9.17) is 4.98 Å². The van der Waals surface area contributed by atoms with Crippen LogP contribution in [0.1, 0.15) is 26.7 Å². The van der Waals surface area contributed by atoms with E-state index in [1.165, 1.54) is 40.3 Å². The smallest absolute Gasteiger partial charge is 0.0730 e. The van der Waals surface area contributed by atoms with Crippen molar-refractivity contribution in [3.05, 3.63) is 72.8 Å². The first-order chi connectivity index (χ1) is 15.3. The highest BCUT2D eigenvalue weighted by molar-refractivity contribution is 5.95. The molecule has 2 heterocycles. The highest BCUT2D eigenvalue weighted by Gasteiger charge is 2.24. The number of para-hydroxylation sites is 1. The van der Waals surface area contributed by atoms with Crippen LogP contribution in [-0.4, -0.2) is 42.1 Å². The average Bonchev–Trinajstić information content (AvgIpc) is 2.84. The summed E-state index contributed by atoms with van der Waals surface area (Å²) in [5.41, 5.74) is 4.65. The van der Waals surface area contributed by atoms with Crippen LogP contribution in [0.2, 0.25) is 0 Å². The fraction of sp³-hybridized carbons (Fsp3) is 0.321. The van der Waals surface area contributed by atoms with Gasteiger partial charge in [-0.3, -0.25) is 0 Å². The molecule has 3 heteroatoms. The Kier molecular flexibility index (Phi) is 5.61. The van der Waals surface area contributed by atoms with Crippen molar-refractivity contribution in [1.29, 1.82) is 0 Å². The fourth-order valence-corrected chi connectivity index (χ4v) is 5.13. The third-order valence-electron chi connectivity index (χ3n) is 6.87. The minimum absolute atomic E-state index is 0.708. The number of aromatic nitrogens is 1. The van der Waals surface area contributed by atoms with E-state index in [2.05, 4.69) is 96.4 Å². The van der Waals surface area contributed by atoms with Crippen molar-refractivity contribution >= 4 is 27.4 Å². The van der Waals surface area contributed by atoms with E-state index in [1.807, 2.05) is 0 Å². The summed E-state index contributed by atoms with van der Waals surface area (Å²) in [6.07, 6.45) is 2.45. The molecule has 0 saturated carbocycles. The van der Waals surface area contributed by atoms with Crippen LogP contribution in [0.4, 0.5) is 5.69 Å². The van der Waals surface area contributed by atoms with E-state index < -0.39 is 0 Å². The second-order valence-electron chi connectivity index (χ2n) is 8.55. The third-order valence-corrected chi connectivity index (χ3v) is 6.87. The minimum atomic E-state index is 0.708. The van der Waals surface area contributed by atoms with Crippen LogP contribution in [0.5, 0.6) is 0 Å². The second kappa shape index (κ2) is 8.68. The number of anilines is 1. The summed E-state index contributed by atoms with van der Waals surface area (Å²) >= 11 is 0. The number of nitrogens with zero attached hydrogens (tertiary/aromatic N) is 3. The maximum absolute atomic E-state index is 5.04. The normalized spacial score (nSPS) is 15.3. The first kappa shape index (κ1) is 20.0. The van der Waals surface area contributed by atoms with Gasteiger partial charge in [0, 0.05) is 35.8 Å².